The molecule has 2 unspecified atom stereocenters. The summed E-state index contributed by atoms with van der Waals surface area (Å²) in [5.41, 5.74) is 0. The summed E-state index contributed by atoms with van der Waals surface area (Å²) in [5.74, 6) is -1.46. The fourth-order valence-corrected chi connectivity index (χ4v) is 1.34. The molecule has 1 aliphatic rings. The smallest absolute Gasteiger partial charge is 0.377 e. The van der Waals surface area contributed by atoms with Crippen molar-refractivity contribution < 1.29 is 23.9 Å². The van der Waals surface area contributed by atoms with Gasteiger partial charge >= 0.3 is 5.97 Å². The molecule has 2 atom stereocenters. The van der Waals surface area contributed by atoms with Crippen LogP contribution in [0, 0.1) is 0 Å². The maximum atomic E-state index is 10.5. The molecule has 7 heteroatoms. The minimum Gasteiger partial charge on any atom is -0.475 e. The molecule has 0 radical (unpaired) electrons. The molecule has 2 rings (SSSR count). The quantitative estimate of drug-likeness (QED) is 0.753. The van der Waals surface area contributed by atoms with E-state index in [4.69, 9.17) is 19.1 Å². The monoisotopic (exact) mass is 214 g/mol. The third-order valence-electron chi connectivity index (χ3n) is 2.06. The van der Waals surface area contributed by atoms with E-state index in [9.17, 15) is 4.79 Å². The summed E-state index contributed by atoms with van der Waals surface area (Å²) < 4.78 is 15.5. The molecule has 82 valence electrons. The highest BCUT2D eigenvalue weighted by Crippen LogP contribution is 2.24. The Kier molecular flexibility index (Phi) is 2.65. The molecule has 0 bridgehead atoms. The zero-order valence-corrected chi connectivity index (χ0v) is 8.04. The third-order valence-corrected chi connectivity index (χ3v) is 2.06. The van der Waals surface area contributed by atoms with E-state index in [1.54, 1.807) is 6.92 Å². The van der Waals surface area contributed by atoms with Crippen molar-refractivity contribution >= 4 is 5.97 Å². The first-order valence-electron chi connectivity index (χ1n) is 4.48. The predicted molar refractivity (Wildman–Crippen MR) is 45.4 cm³/mol. The second kappa shape index (κ2) is 3.95. The van der Waals surface area contributed by atoms with Crippen molar-refractivity contribution in [3.8, 4) is 0 Å². The van der Waals surface area contributed by atoms with E-state index < -0.39 is 12.1 Å². The van der Waals surface area contributed by atoms with Crippen LogP contribution >= 0.6 is 0 Å². The number of rotatable bonds is 2. The topological polar surface area (TPSA) is 94.7 Å². The second-order valence-electron chi connectivity index (χ2n) is 3.13. The van der Waals surface area contributed by atoms with Gasteiger partial charge in [-0.3, -0.25) is 0 Å². The Morgan fingerprint density at radius 3 is 2.80 bits per heavy atom. The molecule has 0 saturated carbocycles. The molecule has 1 aromatic heterocycles. The van der Waals surface area contributed by atoms with Gasteiger partial charge in [0.15, 0.2) is 6.10 Å². The zero-order valence-electron chi connectivity index (χ0n) is 8.04. The highest BCUT2D eigenvalue weighted by molar-refractivity contribution is 5.82. The zero-order chi connectivity index (χ0) is 10.8. The molecule has 0 spiro atoms. The molecule has 1 aliphatic heterocycles. The van der Waals surface area contributed by atoms with Gasteiger partial charge < -0.3 is 19.1 Å². The van der Waals surface area contributed by atoms with Crippen LogP contribution in [0.25, 0.3) is 0 Å². The van der Waals surface area contributed by atoms with Gasteiger partial charge in [0, 0.05) is 0 Å². The van der Waals surface area contributed by atoms with Crippen LogP contribution in [0.2, 0.25) is 0 Å². The van der Waals surface area contributed by atoms with E-state index in [1.807, 2.05) is 0 Å². The van der Waals surface area contributed by atoms with E-state index in [2.05, 4.69) is 10.1 Å². The minimum atomic E-state index is -1.23. The van der Waals surface area contributed by atoms with Crippen molar-refractivity contribution in [2.75, 3.05) is 13.2 Å². The largest absolute Gasteiger partial charge is 0.475 e. The molecule has 0 aliphatic carbocycles. The summed E-state index contributed by atoms with van der Waals surface area (Å²) >= 11 is 0. The van der Waals surface area contributed by atoms with Crippen LogP contribution in [0.4, 0.5) is 0 Å². The lowest BCUT2D eigenvalue weighted by atomic mass is 10.2. The van der Waals surface area contributed by atoms with Crippen LogP contribution in [-0.4, -0.2) is 40.5 Å². The van der Waals surface area contributed by atoms with Gasteiger partial charge in [0.2, 0.25) is 0 Å². The predicted octanol–water partition coefficient (Wildman–Crippen LogP) is 0.244. The Balaban J connectivity index is 2.17. The summed E-state index contributed by atoms with van der Waals surface area (Å²) in [6, 6.07) is 0. The van der Waals surface area contributed by atoms with Crippen molar-refractivity contribution in [1.82, 2.24) is 10.1 Å². The second-order valence-corrected chi connectivity index (χ2v) is 3.13. The molecule has 0 aromatic carbocycles. The Morgan fingerprint density at radius 1 is 1.47 bits per heavy atom. The van der Waals surface area contributed by atoms with Crippen LogP contribution in [0.15, 0.2) is 4.52 Å². The van der Waals surface area contributed by atoms with Crippen LogP contribution < -0.4 is 0 Å². The summed E-state index contributed by atoms with van der Waals surface area (Å²) in [6.45, 7) is 2.74. The van der Waals surface area contributed by atoms with E-state index in [1.165, 1.54) is 0 Å². The molecule has 7 nitrogen and oxygen atoms in total. The van der Waals surface area contributed by atoms with Crippen LogP contribution in [0.1, 0.15) is 29.5 Å². The lowest BCUT2D eigenvalue weighted by Gasteiger charge is -2.26. The summed E-state index contributed by atoms with van der Waals surface area (Å²) in [4.78, 5) is 14.2. The van der Waals surface area contributed by atoms with Crippen LogP contribution in [-0.2, 0) is 9.47 Å². The number of aromatic carboxylic acids is 1. The first-order chi connectivity index (χ1) is 7.18. The van der Waals surface area contributed by atoms with Crippen molar-refractivity contribution in [3.05, 3.63) is 11.7 Å². The molecule has 15 heavy (non-hydrogen) atoms. The Labute approximate surface area is 85.0 Å². The third kappa shape index (κ3) is 1.97. The SMILES string of the molecule is CC1OCCOC1c1nc(C(=O)O)no1. The molecular formula is C8H10N2O5. The van der Waals surface area contributed by atoms with Crippen molar-refractivity contribution in [1.29, 1.82) is 0 Å². The van der Waals surface area contributed by atoms with Gasteiger partial charge in [0.25, 0.3) is 11.7 Å². The van der Waals surface area contributed by atoms with Gasteiger partial charge in [-0.15, -0.1) is 0 Å². The van der Waals surface area contributed by atoms with Crippen molar-refractivity contribution in [3.63, 3.8) is 0 Å². The average Bonchev–Trinajstić information content (AvgIpc) is 2.67. The van der Waals surface area contributed by atoms with Crippen LogP contribution in [0.3, 0.4) is 0 Å². The Bertz CT molecular complexity index is 364. The minimum absolute atomic E-state index is 0.139. The number of hydrogen-bond acceptors (Lipinski definition) is 6. The molecule has 1 saturated heterocycles. The summed E-state index contributed by atoms with van der Waals surface area (Å²) in [5, 5.41) is 11.9. The first kappa shape index (κ1) is 10.1. The van der Waals surface area contributed by atoms with Gasteiger partial charge in [-0.2, -0.15) is 4.98 Å². The fraction of sp³-hybridized carbons (Fsp3) is 0.625. The molecule has 0 amide bonds. The average molecular weight is 214 g/mol. The van der Waals surface area contributed by atoms with Gasteiger partial charge in [0.1, 0.15) is 0 Å². The van der Waals surface area contributed by atoms with Gasteiger partial charge in [-0.05, 0) is 12.1 Å². The molecule has 1 N–H and O–H groups in total. The Morgan fingerprint density at radius 2 is 2.20 bits per heavy atom. The lowest BCUT2D eigenvalue weighted by Crippen LogP contribution is -2.30. The molecule has 2 heterocycles. The number of ether oxygens (including phenoxy) is 2. The van der Waals surface area contributed by atoms with E-state index in [-0.39, 0.29) is 17.8 Å². The molecule has 1 fully saturated rings. The number of carboxylic acids is 1. The van der Waals surface area contributed by atoms with E-state index in [0.717, 1.165) is 0 Å². The van der Waals surface area contributed by atoms with E-state index in [0.29, 0.717) is 13.2 Å². The number of aromatic nitrogens is 2. The maximum Gasteiger partial charge on any atom is 0.377 e. The number of carbonyl (C=O) groups is 1. The fourth-order valence-electron chi connectivity index (χ4n) is 1.34. The van der Waals surface area contributed by atoms with Gasteiger partial charge in [-0.25, -0.2) is 4.79 Å². The van der Waals surface area contributed by atoms with Crippen LogP contribution in [0.5, 0.6) is 0 Å². The number of hydrogen-bond donors (Lipinski definition) is 1. The molecule has 1 aromatic rings. The highest BCUT2D eigenvalue weighted by Gasteiger charge is 2.30. The van der Waals surface area contributed by atoms with Gasteiger partial charge in [0.05, 0.1) is 19.3 Å². The van der Waals surface area contributed by atoms with Gasteiger partial charge in [-0.1, -0.05) is 0 Å². The summed E-state index contributed by atoms with van der Waals surface area (Å²) in [6.07, 6.45) is -0.708. The lowest BCUT2D eigenvalue weighted by molar-refractivity contribution is -0.144. The van der Waals surface area contributed by atoms with Crippen molar-refractivity contribution in [2.45, 2.75) is 19.1 Å². The number of carboxylic acid groups (broad SMARTS) is 1. The molecular weight excluding hydrogens is 204 g/mol. The van der Waals surface area contributed by atoms with E-state index >= 15 is 0 Å². The normalized spacial score (nSPS) is 26.5. The standard InChI is InChI=1S/C8H10N2O5/c1-4-5(14-3-2-13-4)7-9-6(8(11)12)10-15-7/h4-5H,2-3H2,1H3,(H,11,12). The highest BCUT2D eigenvalue weighted by atomic mass is 16.6. The van der Waals surface area contributed by atoms with Crippen molar-refractivity contribution in [2.24, 2.45) is 0 Å². The first-order valence-corrected chi connectivity index (χ1v) is 4.48. The maximum absolute atomic E-state index is 10.5. The summed E-state index contributed by atoms with van der Waals surface area (Å²) in [7, 11) is 0. The Hall–Kier alpha value is -1.47. The number of nitrogens with zero attached hydrogens (tertiary/aromatic N) is 2.